The van der Waals surface area contributed by atoms with Gasteiger partial charge in [-0.2, -0.15) is 0 Å². The Hall–Kier alpha value is -3.64. The summed E-state index contributed by atoms with van der Waals surface area (Å²) in [6.45, 7) is 4.45. The third-order valence-corrected chi connectivity index (χ3v) is 6.12. The quantitative estimate of drug-likeness (QED) is 0.491. The average Bonchev–Trinajstić information content (AvgIpc) is 2.90. The van der Waals surface area contributed by atoms with E-state index in [1.54, 1.807) is 7.11 Å². The molecule has 4 rings (SSSR count). The highest BCUT2D eigenvalue weighted by Crippen LogP contribution is 2.26. The molecule has 0 radical (unpaired) electrons. The molecule has 0 saturated carbocycles. The van der Waals surface area contributed by atoms with Crippen molar-refractivity contribution in [2.75, 3.05) is 39.9 Å². The molecule has 1 unspecified atom stereocenters. The Bertz CT molecular complexity index is 1110. The summed E-state index contributed by atoms with van der Waals surface area (Å²) >= 11 is 0. The molecule has 1 heterocycles. The number of nitrogens with zero attached hydrogens (tertiary/aromatic N) is 2. The zero-order valence-electron chi connectivity index (χ0n) is 19.6. The van der Waals surface area contributed by atoms with Crippen molar-refractivity contribution in [1.29, 1.82) is 0 Å². The van der Waals surface area contributed by atoms with Crippen molar-refractivity contribution in [2.45, 2.75) is 13.0 Å². The predicted octanol–water partition coefficient (Wildman–Crippen LogP) is 4.42. The van der Waals surface area contributed by atoms with Crippen LogP contribution in [0.15, 0.2) is 78.9 Å². The molecule has 6 heteroatoms. The molecule has 1 atom stereocenters. The second-order valence-corrected chi connectivity index (χ2v) is 8.20. The highest BCUT2D eigenvalue weighted by molar-refractivity contribution is 5.95. The van der Waals surface area contributed by atoms with Crippen LogP contribution in [-0.2, 0) is 9.53 Å². The SMILES string of the molecule is CCOC(=O)C(c1ccccc1)N1CCN(C(=O)c2cccc(-c3ccc(OC)cc3)c2)CC1. The zero-order chi connectivity index (χ0) is 23.9. The largest absolute Gasteiger partial charge is 0.497 e. The van der Waals surface area contributed by atoms with Crippen LogP contribution >= 0.6 is 0 Å². The summed E-state index contributed by atoms with van der Waals surface area (Å²) < 4.78 is 10.6. The van der Waals surface area contributed by atoms with Gasteiger partial charge in [0.05, 0.1) is 13.7 Å². The first kappa shape index (κ1) is 23.5. The van der Waals surface area contributed by atoms with E-state index in [0.29, 0.717) is 38.3 Å². The highest BCUT2D eigenvalue weighted by atomic mass is 16.5. The molecule has 1 aliphatic rings. The minimum Gasteiger partial charge on any atom is -0.497 e. The maximum Gasteiger partial charge on any atom is 0.328 e. The van der Waals surface area contributed by atoms with Crippen LogP contribution < -0.4 is 4.74 Å². The first-order valence-corrected chi connectivity index (χ1v) is 11.6. The van der Waals surface area contributed by atoms with Gasteiger partial charge in [-0.15, -0.1) is 0 Å². The Morgan fingerprint density at radius 1 is 0.853 bits per heavy atom. The van der Waals surface area contributed by atoms with Gasteiger partial charge in [-0.3, -0.25) is 9.69 Å². The maximum absolute atomic E-state index is 13.3. The molecule has 3 aromatic rings. The van der Waals surface area contributed by atoms with Gasteiger partial charge in [0, 0.05) is 31.7 Å². The van der Waals surface area contributed by atoms with Crippen LogP contribution in [-0.4, -0.2) is 61.6 Å². The fourth-order valence-corrected chi connectivity index (χ4v) is 4.33. The number of esters is 1. The lowest BCUT2D eigenvalue weighted by Gasteiger charge is -2.38. The molecule has 3 aromatic carbocycles. The number of ether oxygens (including phenoxy) is 2. The summed E-state index contributed by atoms with van der Waals surface area (Å²) in [6, 6.07) is 24.7. The lowest BCUT2D eigenvalue weighted by molar-refractivity contribution is -0.150. The van der Waals surface area contributed by atoms with Crippen molar-refractivity contribution in [1.82, 2.24) is 9.80 Å². The van der Waals surface area contributed by atoms with Crippen LogP contribution in [0.25, 0.3) is 11.1 Å². The lowest BCUT2D eigenvalue weighted by atomic mass is 10.0. The van der Waals surface area contributed by atoms with Crippen LogP contribution in [0.2, 0.25) is 0 Å². The van der Waals surface area contributed by atoms with Gasteiger partial charge >= 0.3 is 5.97 Å². The fraction of sp³-hybridized carbons (Fsp3) is 0.286. The third-order valence-electron chi connectivity index (χ3n) is 6.12. The van der Waals surface area contributed by atoms with E-state index >= 15 is 0 Å². The van der Waals surface area contributed by atoms with Crippen molar-refractivity contribution in [3.63, 3.8) is 0 Å². The highest BCUT2D eigenvalue weighted by Gasteiger charge is 2.32. The van der Waals surface area contributed by atoms with Crippen molar-refractivity contribution in [3.8, 4) is 16.9 Å². The number of hydrogen-bond donors (Lipinski definition) is 0. The number of benzene rings is 3. The molecule has 176 valence electrons. The van der Waals surface area contributed by atoms with Crippen molar-refractivity contribution >= 4 is 11.9 Å². The average molecular weight is 459 g/mol. The van der Waals surface area contributed by atoms with Gasteiger partial charge in [0.1, 0.15) is 11.8 Å². The molecule has 0 aliphatic carbocycles. The van der Waals surface area contributed by atoms with Crippen LogP contribution in [0, 0.1) is 0 Å². The summed E-state index contributed by atoms with van der Waals surface area (Å²) in [5.41, 5.74) is 3.58. The maximum atomic E-state index is 13.3. The number of piperazine rings is 1. The van der Waals surface area contributed by atoms with E-state index in [0.717, 1.165) is 22.4 Å². The van der Waals surface area contributed by atoms with Crippen LogP contribution in [0.5, 0.6) is 5.75 Å². The summed E-state index contributed by atoms with van der Waals surface area (Å²) in [6.07, 6.45) is 0. The summed E-state index contributed by atoms with van der Waals surface area (Å²) in [7, 11) is 1.64. The second-order valence-electron chi connectivity index (χ2n) is 8.20. The van der Waals surface area contributed by atoms with E-state index < -0.39 is 6.04 Å². The number of carbonyl (C=O) groups is 2. The van der Waals surface area contributed by atoms with Gasteiger partial charge in [-0.1, -0.05) is 54.6 Å². The molecule has 1 aliphatic heterocycles. The minimum atomic E-state index is -0.461. The Labute approximate surface area is 200 Å². The van der Waals surface area contributed by atoms with E-state index in [4.69, 9.17) is 9.47 Å². The Morgan fingerprint density at radius 2 is 1.56 bits per heavy atom. The van der Waals surface area contributed by atoms with Gasteiger partial charge in [0.25, 0.3) is 5.91 Å². The topological polar surface area (TPSA) is 59.1 Å². The predicted molar refractivity (Wildman–Crippen MR) is 132 cm³/mol. The third kappa shape index (κ3) is 5.29. The van der Waals surface area contributed by atoms with Gasteiger partial charge < -0.3 is 14.4 Å². The van der Waals surface area contributed by atoms with Crippen LogP contribution in [0.3, 0.4) is 0 Å². The van der Waals surface area contributed by atoms with E-state index in [2.05, 4.69) is 4.90 Å². The first-order valence-electron chi connectivity index (χ1n) is 11.6. The zero-order valence-corrected chi connectivity index (χ0v) is 19.6. The Kier molecular flexibility index (Phi) is 7.60. The van der Waals surface area contributed by atoms with Crippen molar-refractivity contribution in [3.05, 3.63) is 90.0 Å². The minimum absolute atomic E-state index is 0.00223. The summed E-state index contributed by atoms with van der Waals surface area (Å²) in [5, 5.41) is 0. The molecule has 6 nitrogen and oxygen atoms in total. The van der Waals surface area contributed by atoms with E-state index in [-0.39, 0.29) is 11.9 Å². The van der Waals surface area contributed by atoms with Gasteiger partial charge in [-0.25, -0.2) is 4.79 Å². The molecule has 1 fully saturated rings. The van der Waals surface area contributed by atoms with E-state index in [1.165, 1.54) is 0 Å². The van der Waals surface area contributed by atoms with Crippen molar-refractivity contribution in [2.24, 2.45) is 0 Å². The molecule has 0 spiro atoms. The number of carbonyl (C=O) groups excluding carboxylic acids is 2. The molecule has 1 amide bonds. The van der Waals surface area contributed by atoms with E-state index in [1.807, 2.05) is 90.7 Å². The number of methoxy groups -OCH3 is 1. The van der Waals surface area contributed by atoms with Crippen LogP contribution in [0.1, 0.15) is 28.9 Å². The number of rotatable bonds is 7. The normalized spacial score (nSPS) is 14.9. The number of hydrogen-bond acceptors (Lipinski definition) is 5. The standard InChI is InChI=1S/C28H30N2O4/c1-3-34-28(32)26(22-8-5-4-6-9-22)29-16-18-30(19-17-29)27(31)24-11-7-10-23(20-24)21-12-14-25(33-2)15-13-21/h4-15,20,26H,3,16-19H2,1-2H3. The fourth-order valence-electron chi connectivity index (χ4n) is 4.33. The summed E-state index contributed by atoms with van der Waals surface area (Å²) in [5.74, 6) is 0.550. The first-order chi connectivity index (χ1) is 16.6. The van der Waals surface area contributed by atoms with E-state index in [9.17, 15) is 9.59 Å². The van der Waals surface area contributed by atoms with Gasteiger partial charge in [0.15, 0.2) is 0 Å². The lowest BCUT2D eigenvalue weighted by Crippen LogP contribution is -2.51. The van der Waals surface area contributed by atoms with Gasteiger partial charge in [0.2, 0.25) is 0 Å². The monoisotopic (exact) mass is 458 g/mol. The molecule has 0 aromatic heterocycles. The number of amides is 1. The Morgan fingerprint density at radius 3 is 2.21 bits per heavy atom. The molecule has 0 bridgehead atoms. The van der Waals surface area contributed by atoms with Crippen LogP contribution in [0.4, 0.5) is 0 Å². The molecule has 1 saturated heterocycles. The second kappa shape index (κ2) is 11.0. The molecule has 0 N–H and O–H groups in total. The Balaban J connectivity index is 1.45. The van der Waals surface area contributed by atoms with Gasteiger partial charge in [-0.05, 0) is 47.9 Å². The molecular formula is C28H30N2O4. The molecular weight excluding hydrogens is 428 g/mol. The van der Waals surface area contributed by atoms with Crippen molar-refractivity contribution < 1.29 is 19.1 Å². The smallest absolute Gasteiger partial charge is 0.328 e. The summed E-state index contributed by atoms with van der Waals surface area (Å²) in [4.78, 5) is 30.0. The molecule has 34 heavy (non-hydrogen) atoms.